The van der Waals surface area contributed by atoms with Gasteiger partial charge in [-0.25, -0.2) is 0 Å². The number of benzene rings is 2. The lowest BCUT2D eigenvalue weighted by Gasteiger charge is -2.18. The second-order valence-corrected chi connectivity index (χ2v) is 5.85. The van der Waals surface area contributed by atoms with Gasteiger partial charge in [-0.05, 0) is 24.5 Å². The van der Waals surface area contributed by atoms with Gasteiger partial charge < -0.3 is 10.6 Å². The minimum atomic E-state index is -0.427. The molecule has 0 bridgehead atoms. The zero-order valence-corrected chi connectivity index (χ0v) is 14.2. The Morgan fingerprint density at radius 1 is 0.917 bits per heavy atom. The van der Waals surface area contributed by atoms with Gasteiger partial charge in [0.05, 0.1) is 12.5 Å². The van der Waals surface area contributed by atoms with Gasteiger partial charge >= 0.3 is 0 Å². The zero-order valence-electron chi connectivity index (χ0n) is 14.2. The van der Waals surface area contributed by atoms with Gasteiger partial charge in [0.25, 0.3) is 0 Å². The second kappa shape index (κ2) is 8.87. The molecule has 4 heteroatoms. The molecule has 0 aromatic heterocycles. The highest BCUT2D eigenvalue weighted by Crippen LogP contribution is 2.24. The number of carbonyl (C=O) groups excluding carboxylic acids is 2. The minimum Gasteiger partial charge on any atom is -0.352 e. The van der Waals surface area contributed by atoms with Crippen molar-refractivity contribution in [3.63, 3.8) is 0 Å². The fourth-order valence-corrected chi connectivity index (χ4v) is 2.48. The smallest absolute Gasteiger partial charge is 0.239 e. The van der Waals surface area contributed by atoms with Crippen LogP contribution in [-0.2, 0) is 9.59 Å². The maximum atomic E-state index is 12.7. The van der Waals surface area contributed by atoms with Crippen LogP contribution in [0.5, 0.6) is 0 Å². The molecule has 2 amide bonds. The Balaban J connectivity index is 2.10. The Bertz CT molecular complexity index is 616. The lowest BCUT2D eigenvalue weighted by molar-refractivity contribution is -0.126. The molecule has 0 heterocycles. The van der Waals surface area contributed by atoms with E-state index in [1.807, 2.05) is 74.5 Å². The van der Waals surface area contributed by atoms with Crippen molar-refractivity contribution >= 4 is 11.8 Å². The van der Waals surface area contributed by atoms with Gasteiger partial charge in [0.15, 0.2) is 0 Å². The summed E-state index contributed by atoms with van der Waals surface area (Å²) in [5.74, 6) is -0.770. The summed E-state index contributed by atoms with van der Waals surface area (Å²) in [6.07, 6.45) is 0.857. The first kappa shape index (κ1) is 17.7. The van der Waals surface area contributed by atoms with Crippen molar-refractivity contribution in [3.05, 3.63) is 71.8 Å². The molecule has 0 aliphatic carbocycles. The molecule has 0 aliphatic heterocycles. The highest BCUT2D eigenvalue weighted by molar-refractivity contribution is 5.90. The number of hydrogen-bond acceptors (Lipinski definition) is 2. The van der Waals surface area contributed by atoms with E-state index in [0.29, 0.717) is 0 Å². The van der Waals surface area contributed by atoms with Crippen LogP contribution in [-0.4, -0.2) is 24.4 Å². The van der Waals surface area contributed by atoms with Crippen LogP contribution in [0.3, 0.4) is 0 Å². The highest BCUT2D eigenvalue weighted by Gasteiger charge is 2.22. The minimum absolute atomic E-state index is 0.0145. The maximum absolute atomic E-state index is 12.7. The van der Waals surface area contributed by atoms with Gasteiger partial charge in [0.2, 0.25) is 11.8 Å². The van der Waals surface area contributed by atoms with Crippen LogP contribution >= 0.6 is 0 Å². The van der Waals surface area contributed by atoms with E-state index in [0.717, 1.165) is 17.5 Å². The van der Waals surface area contributed by atoms with Crippen LogP contribution < -0.4 is 10.6 Å². The van der Waals surface area contributed by atoms with E-state index in [1.165, 1.54) is 0 Å². The van der Waals surface area contributed by atoms with Crippen LogP contribution in [0.25, 0.3) is 0 Å². The summed E-state index contributed by atoms with van der Waals surface area (Å²) in [7, 11) is 0. The molecule has 4 nitrogen and oxygen atoms in total. The lowest BCUT2D eigenvalue weighted by Crippen LogP contribution is -2.42. The van der Waals surface area contributed by atoms with Crippen LogP contribution in [0.2, 0.25) is 0 Å². The molecule has 2 rings (SSSR count). The first-order valence-electron chi connectivity index (χ1n) is 8.28. The van der Waals surface area contributed by atoms with Gasteiger partial charge in [-0.3, -0.25) is 9.59 Å². The summed E-state index contributed by atoms with van der Waals surface area (Å²) in [6.45, 7) is 3.93. The molecule has 2 aromatic rings. The quantitative estimate of drug-likeness (QED) is 0.823. The van der Waals surface area contributed by atoms with Gasteiger partial charge in [-0.15, -0.1) is 0 Å². The molecule has 2 N–H and O–H groups in total. The van der Waals surface area contributed by atoms with Crippen molar-refractivity contribution in [1.29, 1.82) is 0 Å². The van der Waals surface area contributed by atoms with Crippen molar-refractivity contribution in [2.45, 2.75) is 32.2 Å². The first-order valence-corrected chi connectivity index (χ1v) is 8.28. The van der Waals surface area contributed by atoms with Crippen molar-refractivity contribution in [2.24, 2.45) is 0 Å². The maximum Gasteiger partial charge on any atom is 0.239 e. The predicted octanol–water partition coefficient (Wildman–Crippen LogP) is 2.85. The third-order valence-corrected chi connectivity index (χ3v) is 3.97. The fourth-order valence-electron chi connectivity index (χ4n) is 2.48. The SMILES string of the molecule is CC[C@H](C)NC(=O)CNC(=O)C(c1ccccc1)c1ccccc1. The second-order valence-electron chi connectivity index (χ2n) is 5.85. The molecule has 126 valence electrons. The Labute approximate surface area is 143 Å². The monoisotopic (exact) mass is 324 g/mol. The van der Waals surface area contributed by atoms with Crippen LogP contribution in [0, 0.1) is 0 Å². The normalized spacial score (nSPS) is 11.8. The molecule has 1 atom stereocenters. The molecule has 0 spiro atoms. The van der Waals surface area contributed by atoms with Crippen molar-refractivity contribution in [1.82, 2.24) is 10.6 Å². The van der Waals surface area contributed by atoms with Gasteiger partial charge in [-0.1, -0.05) is 67.6 Å². The Hall–Kier alpha value is -2.62. The Morgan fingerprint density at radius 3 is 1.88 bits per heavy atom. The number of carbonyl (C=O) groups is 2. The number of nitrogens with one attached hydrogen (secondary N) is 2. The van der Waals surface area contributed by atoms with Crippen molar-refractivity contribution in [3.8, 4) is 0 Å². The van der Waals surface area contributed by atoms with E-state index >= 15 is 0 Å². The third-order valence-electron chi connectivity index (χ3n) is 3.97. The highest BCUT2D eigenvalue weighted by atomic mass is 16.2. The van der Waals surface area contributed by atoms with E-state index in [-0.39, 0.29) is 24.4 Å². The average Bonchev–Trinajstić information content (AvgIpc) is 2.62. The fraction of sp³-hybridized carbons (Fsp3) is 0.300. The van der Waals surface area contributed by atoms with Crippen molar-refractivity contribution in [2.75, 3.05) is 6.54 Å². The molecular weight excluding hydrogens is 300 g/mol. The lowest BCUT2D eigenvalue weighted by atomic mass is 9.90. The topological polar surface area (TPSA) is 58.2 Å². The van der Waals surface area contributed by atoms with Crippen LogP contribution in [0.1, 0.15) is 37.3 Å². The molecule has 0 saturated carbocycles. The van der Waals surface area contributed by atoms with E-state index in [2.05, 4.69) is 10.6 Å². The Kier molecular flexibility index (Phi) is 6.55. The molecular formula is C20H24N2O2. The van der Waals surface area contributed by atoms with Crippen molar-refractivity contribution < 1.29 is 9.59 Å². The summed E-state index contributed by atoms with van der Waals surface area (Å²) in [5.41, 5.74) is 1.81. The molecule has 0 fully saturated rings. The van der Waals surface area contributed by atoms with Gasteiger partial charge in [0, 0.05) is 6.04 Å². The molecule has 0 radical (unpaired) electrons. The zero-order chi connectivity index (χ0) is 17.4. The van der Waals surface area contributed by atoms with Crippen LogP contribution in [0.15, 0.2) is 60.7 Å². The van der Waals surface area contributed by atoms with Crippen LogP contribution in [0.4, 0.5) is 0 Å². The molecule has 2 aromatic carbocycles. The van der Waals surface area contributed by atoms with E-state index in [9.17, 15) is 9.59 Å². The standard InChI is InChI=1S/C20H24N2O2/c1-3-15(2)22-18(23)14-21-20(24)19(16-10-6-4-7-11-16)17-12-8-5-9-13-17/h4-13,15,19H,3,14H2,1-2H3,(H,21,24)(H,22,23)/t15-/m0/s1. The summed E-state index contributed by atoms with van der Waals surface area (Å²) < 4.78 is 0. The van der Waals surface area contributed by atoms with E-state index < -0.39 is 5.92 Å². The molecule has 0 saturated heterocycles. The largest absolute Gasteiger partial charge is 0.352 e. The summed E-state index contributed by atoms with van der Waals surface area (Å²) in [6, 6.07) is 19.3. The number of rotatable bonds is 7. The third kappa shape index (κ3) is 4.95. The summed E-state index contributed by atoms with van der Waals surface area (Å²) in [5, 5.41) is 5.61. The predicted molar refractivity (Wildman–Crippen MR) is 95.6 cm³/mol. The van der Waals surface area contributed by atoms with E-state index in [4.69, 9.17) is 0 Å². The van der Waals surface area contributed by atoms with Gasteiger partial charge in [0.1, 0.15) is 0 Å². The van der Waals surface area contributed by atoms with Gasteiger partial charge in [-0.2, -0.15) is 0 Å². The molecule has 0 unspecified atom stereocenters. The summed E-state index contributed by atoms with van der Waals surface area (Å²) >= 11 is 0. The number of hydrogen-bond donors (Lipinski definition) is 2. The molecule has 24 heavy (non-hydrogen) atoms. The average molecular weight is 324 g/mol. The van der Waals surface area contributed by atoms with E-state index in [1.54, 1.807) is 0 Å². The summed E-state index contributed by atoms with van der Waals surface area (Å²) in [4.78, 5) is 24.6. The first-order chi connectivity index (χ1) is 11.6. The Morgan fingerprint density at radius 2 is 1.42 bits per heavy atom. The molecule has 0 aliphatic rings. The number of amides is 2.